The zero-order chi connectivity index (χ0) is 19.1. The van der Waals surface area contributed by atoms with Crippen LogP contribution in [0.4, 0.5) is 11.5 Å². The second-order valence-electron chi connectivity index (χ2n) is 6.41. The van der Waals surface area contributed by atoms with Gasteiger partial charge in [-0.15, -0.1) is 0 Å². The summed E-state index contributed by atoms with van der Waals surface area (Å²) in [5.41, 5.74) is 2.46. The second kappa shape index (κ2) is 6.96. The fraction of sp³-hybridized carbons (Fsp3) is 0.294. The molecule has 1 aromatic carbocycles. The molecule has 2 heterocycles. The standard InChI is InChI=1S/C17H20ClN5O2S/c1-11(2)14-10-19-23-16(9-15(18)21-17(14)23)20-12-5-7-13(8-6-12)26(24,25)22(3)4/h5-11,20H,1-4H3/p+1. The first-order valence-corrected chi connectivity index (χ1v) is 9.90. The Morgan fingerprint density at radius 2 is 1.92 bits per heavy atom. The largest absolute Gasteiger partial charge is 0.340 e. The van der Waals surface area contributed by atoms with Crippen molar-refractivity contribution in [2.75, 3.05) is 19.4 Å². The van der Waals surface area contributed by atoms with Crippen LogP contribution in [0.15, 0.2) is 41.4 Å². The van der Waals surface area contributed by atoms with Crippen LogP contribution < -0.4 is 5.32 Å². The van der Waals surface area contributed by atoms with Crippen molar-refractivity contribution in [1.82, 2.24) is 18.9 Å². The van der Waals surface area contributed by atoms with Crippen LogP contribution in [0, 0.1) is 0 Å². The lowest BCUT2D eigenvalue weighted by atomic mass is 10.1. The van der Waals surface area contributed by atoms with Crippen LogP contribution in [-0.4, -0.2) is 37.6 Å². The fourth-order valence-electron chi connectivity index (χ4n) is 2.52. The lowest BCUT2D eigenvalue weighted by Gasteiger charge is -2.12. The summed E-state index contributed by atoms with van der Waals surface area (Å²) < 4.78 is 25.3. The number of nitrogens with one attached hydrogen (secondary N) is 1. The maximum atomic E-state index is 12.3. The molecule has 0 aliphatic heterocycles. The van der Waals surface area contributed by atoms with Crippen molar-refractivity contribution in [3.63, 3.8) is 0 Å². The van der Waals surface area contributed by atoms with Gasteiger partial charge in [0.2, 0.25) is 4.90 Å². The average molecular weight is 395 g/mol. The summed E-state index contributed by atoms with van der Waals surface area (Å²) in [4.78, 5) is 4.71. The first-order valence-electron chi connectivity index (χ1n) is 8.05. The first kappa shape index (κ1) is 18.8. The molecule has 0 saturated heterocycles. The molecular formula is C17H21ClN5O2S+. The number of nitrogens with zero attached hydrogens (tertiary/aromatic N) is 4. The molecule has 2 N–H and O–H groups in total. The van der Waals surface area contributed by atoms with Gasteiger partial charge in [0.25, 0.3) is 0 Å². The van der Waals surface area contributed by atoms with Crippen molar-refractivity contribution in [2.45, 2.75) is 24.7 Å². The average Bonchev–Trinajstić information content (AvgIpc) is 2.99. The van der Waals surface area contributed by atoms with Gasteiger partial charge in [-0.2, -0.15) is 14.2 Å². The minimum absolute atomic E-state index is 0.273. The third-order valence-electron chi connectivity index (χ3n) is 4.02. The summed E-state index contributed by atoms with van der Waals surface area (Å²) in [6.07, 6.45) is 1.79. The Morgan fingerprint density at radius 3 is 2.50 bits per heavy atom. The predicted molar refractivity (Wildman–Crippen MR) is 104 cm³/mol. The van der Waals surface area contributed by atoms with E-state index in [1.165, 1.54) is 4.31 Å². The molecule has 3 aromatic rings. The summed E-state index contributed by atoms with van der Waals surface area (Å²) >= 11 is 6.17. The second-order valence-corrected chi connectivity index (χ2v) is 8.99. The molecule has 1 atom stereocenters. The van der Waals surface area contributed by atoms with Gasteiger partial charge in [-0.1, -0.05) is 29.8 Å². The van der Waals surface area contributed by atoms with Gasteiger partial charge in [0, 0.05) is 43.5 Å². The van der Waals surface area contributed by atoms with E-state index in [0.29, 0.717) is 21.5 Å². The van der Waals surface area contributed by atoms with Crippen molar-refractivity contribution in [3.8, 4) is 0 Å². The molecule has 0 amide bonds. The molecule has 0 radical (unpaired) electrons. The normalized spacial score (nSPS) is 14.2. The molecule has 2 aromatic heterocycles. The van der Waals surface area contributed by atoms with Gasteiger partial charge in [-0.05, 0) is 22.3 Å². The SMILES string of the molecule is CC(C)c1cnn2c(Nc3ccc([S+](=O)(O)N(C)C)cc3)cc(Cl)nc12. The highest BCUT2D eigenvalue weighted by Gasteiger charge is 2.32. The third-order valence-corrected chi connectivity index (χ3v) is 6.09. The van der Waals surface area contributed by atoms with Crippen LogP contribution in [0.5, 0.6) is 0 Å². The number of halogens is 1. The Labute approximate surface area is 158 Å². The summed E-state index contributed by atoms with van der Waals surface area (Å²) in [6, 6.07) is 8.40. The summed E-state index contributed by atoms with van der Waals surface area (Å²) in [5.74, 6) is 0.936. The summed E-state index contributed by atoms with van der Waals surface area (Å²) in [6.45, 7) is 4.14. The molecule has 1 unspecified atom stereocenters. The highest BCUT2D eigenvalue weighted by molar-refractivity contribution is 7.95. The number of anilines is 2. The van der Waals surface area contributed by atoms with Gasteiger partial charge in [0.15, 0.2) is 5.65 Å². The molecule has 26 heavy (non-hydrogen) atoms. The van der Waals surface area contributed by atoms with Crippen molar-refractivity contribution in [2.24, 2.45) is 0 Å². The molecular weight excluding hydrogens is 374 g/mol. The van der Waals surface area contributed by atoms with Crippen LogP contribution in [-0.2, 0) is 14.6 Å². The van der Waals surface area contributed by atoms with Crippen LogP contribution in [0.25, 0.3) is 5.65 Å². The van der Waals surface area contributed by atoms with Gasteiger partial charge in [0.05, 0.1) is 6.20 Å². The van der Waals surface area contributed by atoms with Gasteiger partial charge in [0.1, 0.15) is 11.0 Å². The molecule has 0 aliphatic carbocycles. The number of hydrogen-bond donors (Lipinski definition) is 2. The van der Waals surface area contributed by atoms with Gasteiger partial charge in [-0.3, -0.25) is 0 Å². The molecule has 0 saturated carbocycles. The lowest BCUT2D eigenvalue weighted by Crippen LogP contribution is -2.28. The third kappa shape index (κ3) is 3.45. The van der Waals surface area contributed by atoms with Crippen molar-refractivity contribution in [1.29, 1.82) is 0 Å². The monoisotopic (exact) mass is 394 g/mol. The highest BCUT2D eigenvalue weighted by atomic mass is 35.5. The number of hydrogen-bond acceptors (Lipinski definition) is 4. The number of fused-ring (bicyclic) bond motifs is 1. The zero-order valence-corrected chi connectivity index (χ0v) is 16.5. The summed E-state index contributed by atoms with van der Waals surface area (Å²) in [5, 5.41) is 8.00. The Morgan fingerprint density at radius 1 is 1.27 bits per heavy atom. The van der Waals surface area contributed by atoms with E-state index in [-0.39, 0.29) is 5.92 Å². The van der Waals surface area contributed by atoms with Crippen molar-refractivity contribution in [3.05, 3.63) is 47.2 Å². The van der Waals surface area contributed by atoms with Gasteiger partial charge < -0.3 is 5.32 Å². The molecule has 138 valence electrons. The first-order chi connectivity index (χ1) is 12.2. The quantitative estimate of drug-likeness (QED) is 0.503. The molecule has 3 rings (SSSR count). The maximum Gasteiger partial charge on any atom is 0.325 e. The fourth-order valence-corrected chi connectivity index (χ4v) is 3.62. The zero-order valence-electron chi connectivity index (χ0n) is 15.0. The van der Waals surface area contributed by atoms with E-state index >= 15 is 0 Å². The molecule has 0 fully saturated rings. The number of rotatable bonds is 5. The van der Waals surface area contributed by atoms with E-state index in [0.717, 1.165) is 11.3 Å². The van der Waals surface area contributed by atoms with Crippen LogP contribution in [0.2, 0.25) is 5.15 Å². The Hall–Kier alpha value is -2.00. The number of aromatic nitrogens is 3. The van der Waals surface area contributed by atoms with E-state index in [4.69, 9.17) is 11.6 Å². The molecule has 0 bridgehead atoms. The predicted octanol–water partition coefficient (Wildman–Crippen LogP) is 4.06. The Balaban J connectivity index is 1.96. The minimum atomic E-state index is -3.21. The van der Waals surface area contributed by atoms with E-state index < -0.39 is 10.4 Å². The van der Waals surface area contributed by atoms with Gasteiger partial charge in [-0.25, -0.2) is 4.98 Å². The van der Waals surface area contributed by atoms with Crippen LogP contribution >= 0.6 is 11.6 Å². The van der Waals surface area contributed by atoms with Gasteiger partial charge >= 0.3 is 10.4 Å². The molecule has 0 spiro atoms. The minimum Gasteiger partial charge on any atom is -0.340 e. The van der Waals surface area contributed by atoms with Crippen molar-refractivity contribution >= 4 is 39.2 Å². The van der Waals surface area contributed by atoms with Crippen LogP contribution in [0.1, 0.15) is 25.3 Å². The Bertz CT molecular complexity index is 985. The maximum absolute atomic E-state index is 12.3. The van der Waals surface area contributed by atoms with E-state index in [1.54, 1.807) is 55.1 Å². The molecule has 9 heteroatoms. The Kier molecular flexibility index (Phi) is 5.03. The van der Waals surface area contributed by atoms with E-state index in [1.807, 2.05) is 0 Å². The lowest BCUT2D eigenvalue weighted by molar-refractivity contribution is 0.434. The van der Waals surface area contributed by atoms with E-state index in [2.05, 4.69) is 29.2 Å². The van der Waals surface area contributed by atoms with Crippen LogP contribution in [0.3, 0.4) is 0 Å². The number of benzene rings is 1. The van der Waals surface area contributed by atoms with Crippen molar-refractivity contribution < 1.29 is 8.76 Å². The summed E-state index contributed by atoms with van der Waals surface area (Å²) in [7, 11) is -0.0798. The highest BCUT2D eigenvalue weighted by Crippen LogP contribution is 2.27. The smallest absolute Gasteiger partial charge is 0.325 e. The van der Waals surface area contributed by atoms with E-state index in [9.17, 15) is 8.76 Å². The molecule has 0 aliphatic rings. The topological polar surface area (TPSA) is 82.8 Å². The molecule has 7 nitrogen and oxygen atoms in total.